The van der Waals surface area contributed by atoms with Gasteiger partial charge in [-0.05, 0) is 47.5 Å². The van der Waals surface area contributed by atoms with E-state index >= 15 is 0 Å². The van der Waals surface area contributed by atoms with Gasteiger partial charge in [0.2, 0.25) is 5.91 Å². The van der Waals surface area contributed by atoms with Gasteiger partial charge in [0.15, 0.2) is 11.5 Å². The summed E-state index contributed by atoms with van der Waals surface area (Å²) < 4.78 is 10.5. The van der Waals surface area contributed by atoms with Crippen molar-refractivity contribution in [1.29, 1.82) is 0 Å². The Hall–Kier alpha value is -2.99. The number of anilines is 1. The van der Waals surface area contributed by atoms with E-state index in [0.717, 1.165) is 27.6 Å². The fraction of sp³-hybridized carbons (Fsp3) is 0.182. The summed E-state index contributed by atoms with van der Waals surface area (Å²) in [6.07, 6.45) is 2.04. The third-order valence-electron chi connectivity index (χ3n) is 4.05. The number of hydrogen-bond donors (Lipinski definition) is 1. The van der Waals surface area contributed by atoms with Crippen molar-refractivity contribution >= 4 is 23.4 Å². The van der Waals surface area contributed by atoms with Crippen LogP contribution in [0, 0.1) is 0 Å². The molecule has 3 aromatic rings. The van der Waals surface area contributed by atoms with E-state index in [1.807, 2.05) is 54.6 Å². The van der Waals surface area contributed by atoms with Gasteiger partial charge in [0.25, 0.3) is 0 Å². The highest BCUT2D eigenvalue weighted by molar-refractivity contribution is 7.98. The van der Waals surface area contributed by atoms with Gasteiger partial charge in [0, 0.05) is 17.6 Å². The van der Waals surface area contributed by atoms with E-state index in [0.29, 0.717) is 11.5 Å². The molecule has 0 fully saturated rings. The first-order valence-electron chi connectivity index (χ1n) is 8.81. The number of benzene rings is 2. The van der Waals surface area contributed by atoms with Crippen LogP contribution in [0.15, 0.2) is 71.9 Å². The number of carbonyl (C=O) groups excluding carboxylic acids is 1. The maximum atomic E-state index is 12.4. The summed E-state index contributed by atoms with van der Waals surface area (Å²) in [6, 6.07) is 19.2. The van der Waals surface area contributed by atoms with Crippen molar-refractivity contribution < 1.29 is 14.3 Å². The van der Waals surface area contributed by atoms with Crippen molar-refractivity contribution in [2.45, 2.75) is 17.2 Å². The zero-order chi connectivity index (χ0) is 19.8. The number of nitrogens with one attached hydrogen (secondary N) is 1. The zero-order valence-corrected chi connectivity index (χ0v) is 16.7. The molecule has 0 aliphatic carbocycles. The number of amides is 1. The first-order valence-corrected chi connectivity index (χ1v) is 9.80. The molecule has 3 rings (SSSR count). The molecule has 1 N–H and O–H groups in total. The largest absolute Gasteiger partial charge is 0.493 e. The summed E-state index contributed by atoms with van der Waals surface area (Å²) >= 11 is 1.66. The Morgan fingerprint density at radius 2 is 1.82 bits per heavy atom. The Kier molecular flexibility index (Phi) is 6.92. The number of rotatable bonds is 8. The Bertz CT molecular complexity index is 932. The fourth-order valence-electron chi connectivity index (χ4n) is 2.71. The van der Waals surface area contributed by atoms with Gasteiger partial charge in [-0.15, -0.1) is 11.8 Å². The number of thioether (sulfide) groups is 1. The maximum Gasteiger partial charge on any atom is 0.228 e. The average Bonchev–Trinajstić information content (AvgIpc) is 2.73. The quantitative estimate of drug-likeness (QED) is 0.567. The molecule has 0 radical (unpaired) electrons. The molecular formula is C22H22N2O3S. The second-order valence-corrected chi connectivity index (χ2v) is 7.07. The van der Waals surface area contributed by atoms with Gasteiger partial charge in [-0.25, -0.2) is 4.98 Å². The molecule has 0 aliphatic heterocycles. The SMILES string of the molecule is COc1ccc(CC(=O)Nc2cccc(CSc3ccccn3)c2)cc1OC. The van der Waals surface area contributed by atoms with E-state index in [2.05, 4.69) is 10.3 Å². The standard InChI is InChI=1S/C22H22N2O3S/c1-26-19-10-9-16(13-20(19)27-2)14-21(25)24-18-7-5-6-17(12-18)15-28-22-8-3-4-11-23-22/h3-13H,14-15H2,1-2H3,(H,24,25). The van der Waals surface area contributed by atoms with E-state index in [4.69, 9.17) is 9.47 Å². The van der Waals surface area contributed by atoms with Crippen molar-refractivity contribution in [1.82, 2.24) is 4.98 Å². The minimum atomic E-state index is -0.0817. The topological polar surface area (TPSA) is 60.5 Å². The highest BCUT2D eigenvalue weighted by Crippen LogP contribution is 2.28. The highest BCUT2D eigenvalue weighted by Gasteiger charge is 2.09. The minimum absolute atomic E-state index is 0.0817. The summed E-state index contributed by atoms with van der Waals surface area (Å²) in [6.45, 7) is 0. The second kappa shape index (κ2) is 9.80. The molecular weight excluding hydrogens is 372 g/mol. The molecule has 0 saturated carbocycles. The number of methoxy groups -OCH3 is 2. The summed E-state index contributed by atoms with van der Waals surface area (Å²) in [5.74, 6) is 1.96. The first-order chi connectivity index (χ1) is 13.7. The fourth-order valence-corrected chi connectivity index (χ4v) is 3.51. The highest BCUT2D eigenvalue weighted by atomic mass is 32.2. The molecule has 1 aromatic heterocycles. The van der Waals surface area contributed by atoms with Crippen LogP contribution in [-0.2, 0) is 17.0 Å². The van der Waals surface area contributed by atoms with E-state index < -0.39 is 0 Å². The summed E-state index contributed by atoms with van der Waals surface area (Å²) in [7, 11) is 3.17. The lowest BCUT2D eigenvalue weighted by Crippen LogP contribution is -2.14. The number of pyridine rings is 1. The molecule has 5 nitrogen and oxygen atoms in total. The Morgan fingerprint density at radius 1 is 0.964 bits per heavy atom. The normalized spacial score (nSPS) is 10.4. The summed E-state index contributed by atoms with van der Waals surface area (Å²) in [5.41, 5.74) is 2.76. The minimum Gasteiger partial charge on any atom is -0.493 e. The van der Waals surface area contributed by atoms with Crippen molar-refractivity contribution in [2.24, 2.45) is 0 Å². The molecule has 1 heterocycles. The number of ether oxygens (including phenoxy) is 2. The van der Waals surface area contributed by atoms with Gasteiger partial charge in [-0.2, -0.15) is 0 Å². The lowest BCUT2D eigenvalue weighted by molar-refractivity contribution is -0.115. The van der Waals surface area contributed by atoms with Gasteiger partial charge in [-0.1, -0.05) is 24.3 Å². The monoisotopic (exact) mass is 394 g/mol. The second-order valence-electron chi connectivity index (χ2n) is 6.07. The predicted octanol–water partition coefficient (Wildman–Crippen LogP) is 4.57. The molecule has 28 heavy (non-hydrogen) atoms. The van der Waals surface area contributed by atoms with Crippen LogP contribution < -0.4 is 14.8 Å². The molecule has 0 atom stereocenters. The summed E-state index contributed by atoms with van der Waals surface area (Å²) in [5, 5.41) is 3.94. The lowest BCUT2D eigenvalue weighted by atomic mass is 10.1. The van der Waals surface area contributed by atoms with Crippen LogP contribution >= 0.6 is 11.8 Å². The molecule has 0 unspecified atom stereocenters. The zero-order valence-electron chi connectivity index (χ0n) is 15.8. The smallest absolute Gasteiger partial charge is 0.228 e. The van der Waals surface area contributed by atoms with Crippen LogP contribution in [0.1, 0.15) is 11.1 Å². The van der Waals surface area contributed by atoms with Gasteiger partial charge < -0.3 is 14.8 Å². The predicted molar refractivity (Wildman–Crippen MR) is 112 cm³/mol. The van der Waals surface area contributed by atoms with Gasteiger partial charge in [0.05, 0.1) is 25.7 Å². The molecule has 144 valence electrons. The van der Waals surface area contributed by atoms with Crippen molar-refractivity contribution in [3.8, 4) is 11.5 Å². The van der Waals surface area contributed by atoms with E-state index in [1.165, 1.54) is 0 Å². The van der Waals surface area contributed by atoms with Gasteiger partial charge in [-0.3, -0.25) is 4.79 Å². The molecule has 0 bridgehead atoms. The van der Waals surface area contributed by atoms with Crippen LogP contribution in [0.25, 0.3) is 0 Å². The molecule has 6 heteroatoms. The Morgan fingerprint density at radius 3 is 2.57 bits per heavy atom. The third-order valence-corrected chi connectivity index (χ3v) is 5.06. The number of carbonyl (C=O) groups is 1. The van der Waals surface area contributed by atoms with Crippen molar-refractivity contribution in [3.05, 3.63) is 78.0 Å². The lowest BCUT2D eigenvalue weighted by Gasteiger charge is -2.10. The molecule has 1 amide bonds. The van der Waals surface area contributed by atoms with Gasteiger partial charge >= 0.3 is 0 Å². The average molecular weight is 394 g/mol. The maximum absolute atomic E-state index is 12.4. The van der Waals surface area contributed by atoms with E-state index in [-0.39, 0.29) is 12.3 Å². The van der Waals surface area contributed by atoms with Crippen LogP contribution in [0.5, 0.6) is 11.5 Å². The van der Waals surface area contributed by atoms with E-state index in [1.54, 1.807) is 38.2 Å². The van der Waals surface area contributed by atoms with Crippen LogP contribution in [0.4, 0.5) is 5.69 Å². The molecule has 0 aliphatic rings. The Labute approximate surface area is 169 Å². The number of hydrogen-bond acceptors (Lipinski definition) is 5. The number of nitrogens with zero attached hydrogens (tertiary/aromatic N) is 1. The van der Waals surface area contributed by atoms with Crippen LogP contribution in [-0.4, -0.2) is 25.1 Å². The van der Waals surface area contributed by atoms with Crippen LogP contribution in [0.2, 0.25) is 0 Å². The first kappa shape index (κ1) is 19.8. The van der Waals surface area contributed by atoms with Gasteiger partial charge in [0.1, 0.15) is 0 Å². The number of aromatic nitrogens is 1. The van der Waals surface area contributed by atoms with Crippen molar-refractivity contribution in [3.63, 3.8) is 0 Å². The van der Waals surface area contributed by atoms with Crippen LogP contribution in [0.3, 0.4) is 0 Å². The third kappa shape index (κ3) is 5.50. The molecule has 0 spiro atoms. The Balaban J connectivity index is 1.59. The molecule has 0 saturated heterocycles. The van der Waals surface area contributed by atoms with Crippen molar-refractivity contribution in [2.75, 3.05) is 19.5 Å². The molecule has 2 aromatic carbocycles. The summed E-state index contributed by atoms with van der Waals surface area (Å²) in [4.78, 5) is 16.7. The van der Waals surface area contributed by atoms with E-state index in [9.17, 15) is 4.79 Å².